The van der Waals surface area contributed by atoms with Crippen LogP contribution in [0.2, 0.25) is 0 Å². The van der Waals surface area contributed by atoms with Gasteiger partial charge >= 0.3 is 0 Å². The Morgan fingerprint density at radius 3 is 2.54 bits per heavy atom. The summed E-state index contributed by atoms with van der Waals surface area (Å²) in [5.41, 5.74) is -0.402. The molecule has 2 aliphatic carbocycles. The zero-order valence-corrected chi connectivity index (χ0v) is 8.16. The number of aliphatic hydroxyl groups is 1. The molecule has 2 fully saturated rings. The molecule has 2 aliphatic rings. The molecule has 72 valence electrons. The molecule has 3 unspecified atom stereocenters. The number of nitriles is 1. The summed E-state index contributed by atoms with van der Waals surface area (Å²) in [5.74, 6) is 0.813. The van der Waals surface area contributed by atoms with Crippen LogP contribution in [0.25, 0.3) is 0 Å². The second kappa shape index (κ2) is 2.99. The second-order valence-electron chi connectivity index (χ2n) is 4.73. The molecule has 0 radical (unpaired) electrons. The number of hydrogen-bond acceptors (Lipinski definition) is 2. The Morgan fingerprint density at radius 2 is 2.15 bits per heavy atom. The van der Waals surface area contributed by atoms with E-state index in [2.05, 4.69) is 13.0 Å². The van der Waals surface area contributed by atoms with Gasteiger partial charge in [-0.3, -0.25) is 0 Å². The predicted octanol–water partition coefficient (Wildman–Crippen LogP) is 2.09. The molecule has 0 aromatic rings. The molecule has 0 aromatic heterocycles. The van der Waals surface area contributed by atoms with Gasteiger partial charge in [0.15, 0.2) is 0 Å². The summed E-state index contributed by atoms with van der Waals surface area (Å²) < 4.78 is 0. The maximum Gasteiger partial charge on any atom is 0.0860 e. The van der Waals surface area contributed by atoms with Crippen molar-refractivity contribution in [3.8, 4) is 6.07 Å². The molecule has 0 bridgehead atoms. The molecule has 2 saturated carbocycles. The van der Waals surface area contributed by atoms with E-state index in [0.29, 0.717) is 11.8 Å². The van der Waals surface area contributed by atoms with Crippen LogP contribution in [-0.4, -0.2) is 11.2 Å². The molecule has 0 saturated heterocycles. The molecule has 13 heavy (non-hydrogen) atoms. The molecule has 1 N–H and O–H groups in total. The first-order valence-corrected chi connectivity index (χ1v) is 5.30. The fraction of sp³-hybridized carbons (Fsp3) is 0.909. The molecule has 0 heterocycles. The van der Waals surface area contributed by atoms with Gasteiger partial charge < -0.3 is 5.11 Å². The van der Waals surface area contributed by atoms with Crippen molar-refractivity contribution >= 4 is 0 Å². The van der Waals surface area contributed by atoms with Crippen LogP contribution < -0.4 is 0 Å². The average Bonchev–Trinajstić information content (AvgIpc) is 2.90. The Kier molecular flexibility index (Phi) is 2.08. The molecule has 2 rings (SSSR count). The third-order valence-electron chi connectivity index (χ3n) is 3.91. The van der Waals surface area contributed by atoms with E-state index in [0.717, 1.165) is 32.1 Å². The smallest absolute Gasteiger partial charge is 0.0860 e. The zero-order valence-electron chi connectivity index (χ0n) is 8.16. The van der Waals surface area contributed by atoms with Crippen molar-refractivity contribution in [3.63, 3.8) is 0 Å². The Balaban J connectivity index is 2.18. The lowest BCUT2D eigenvalue weighted by molar-refractivity contribution is 0.0245. The highest BCUT2D eigenvalue weighted by Gasteiger charge is 2.51. The Hall–Kier alpha value is -0.550. The zero-order chi connectivity index (χ0) is 9.47. The Morgan fingerprint density at radius 1 is 1.46 bits per heavy atom. The van der Waals surface area contributed by atoms with Crippen LogP contribution >= 0.6 is 0 Å². The SMILES string of the molecule is CC1CCCC1(C#N)C(O)C1CC1. The van der Waals surface area contributed by atoms with Gasteiger partial charge in [-0.05, 0) is 37.5 Å². The minimum atomic E-state index is -0.402. The maximum absolute atomic E-state index is 10.1. The van der Waals surface area contributed by atoms with Crippen molar-refractivity contribution in [3.05, 3.63) is 0 Å². The minimum Gasteiger partial charge on any atom is -0.391 e. The van der Waals surface area contributed by atoms with E-state index in [1.807, 2.05) is 0 Å². The van der Waals surface area contributed by atoms with E-state index in [9.17, 15) is 10.4 Å². The average molecular weight is 179 g/mol. The fourth-order valence-corrected chi connectivity index (χ4v) is 2.71. The number of aliphatic hydroxyl groups excluding tert-OH is 1. The Labute approximate surface area is 79.6 Å². The van der Waals surface area contributed by atoms with E-state index in [1.54, 1.807) is 0 Å². The molecule has 0 aliphatic heterocycles. The van der Waals surface area contributed by atoms with Crippen molar-refractivity contribution < 1.29 is 5.11 Å². The van der Waals surface area contributed by atoms with Gasteiger partial charge in [0.2, 0.25) is 0 Å². The van der Waals surface area contributed by atoms with E-state index >= 15 is 0 Å². The van der Waals surface area contributed by atoms with Crippen LogP contribution in [0.3, 0.4) is 0 Å². The van der Waals surface area contributed by atoms with E-state index in [4.69, 9.17) is 0 Å². The lowest BCUT2D eigenvalue weighted by Gasteiger charge is -2.31. The highest BCUT2D eigenvalue weighted by atomic mass is 16.3. The van der Waals surface area contributed by atoms with Crippen LogP contribution in [0, 0.1) is 28.6 Å². The molecule has 3 atom stereocenters. The van der Waals surface area contributed by atoms with Gasteiger partial charge in [-0.2, -0.15) is 5.26 Å². The lowest BCUT2D eigenvalue weighted by Crippen LogP contribution is -2.37. The summed E-state index contributed by atoms with van der Waals surface area (Å²) in [6.45, 7) is 2.11. The van der Waals surface area contributed by atoms with Gasteiger partial charge in [0, 0.05) is 0 Å². The molecule has 0 aromatic carbocycles. The lowest BCUT2D eigenvalue weighted by atomic mass is 9.73. The van der Waals surface area contributed by atoms with Gasteiger partial charge in [-0.25, -0.2) is 0 Å². The predicted molar refractivity (Wildman–Crippen MR) is 49.8 cm³/mol. The fourth-order valence-electron chi connectivity index (χ4n) is 2.71. The molecule has 0 spiro atoms. The summed E-state index contributed by atoms with van der Waals surface area (Å²) in [4.78, 5) is 0. The van der Waals surface area contributed by atoms with Gasteiger partial charge in [0.05, 0.1) is 17.6 Å². The van der Waals surface area contributed by atoms with Gasteiger partial charge in [-0.1, -0.05) is 13.3 Å². The van der Waals surface area contributed by atoms with Crippen LogP contribution in [0.4, 0.5) is 0 Å². The highest BCUT2D eigenvalue weighted by molar-refractivity contribution is 5.12. The number of rotatable bonds is 2. The first-order chi connectivity index (χ1) is 6.20. The maximum atomic E-state index is 10.1. The molecular formula is C11H17NO. The molecule has 0 amide bonds. The van der Waals surface area contributed by atoms with Crippen molar-refractivity contribution in [1.29, 1.82) is 5.26 Å². The van der Waals surface area contributed by atoms with Crippen LogP contribution in [0.5, 0.6) is 0 Å². The normalized spacial score (nSPS) is 41.5. The summed E-state index contributed by atoms with van der Waals surface area (Å²) in [5, 5.41) is 19.3. The topological polar surface area (TPSA) is 44.0 Å². The quantitative estimate of drug-likeness (QED) is 0.705. The van der Waals surface area contributed by atoms with E-state index in [-0.39, 0.29) is 6.10 Å². The van der Waals surface area contributed by atoms with Crippen molar-refractivity contribution in [2.24, 2.45) is 17.3 Å². The summed E-state index contributed by atoms with van der Waals surface area (Å²) in [6, 6.07) is 2.40. The first kappa shape index (κ1) is 9.02. The largest absolute Gasteiger partial charge is 0.391 e. The minimum absolute atomic E-state index is 0.352. The third-order valence-corrected chi connectivity index (χ3v) is 3.91. The van der Waals surface area contributed by atoms with Gasteiger partial charge in [0.1, 0.15) is 0 Å². The van der Waals surface area contributed by atoms with Gasteiger partial charge in [0.25, 0.3) is 0 Å². The van der Waals surface area contributed by atoms with Crippen molar-refractivity contribution in [2.45, 2.75) is 45.1 Å². The van der Waals surface area contributed by atoms with Crippen molar-refractivity contribution in [1.82, 2.24) is 0 Å². The van der Waals surface area contributed by atoms with E-state index in [1.165, 1.54) is 0 Å². The summed E-state index contributed by atoms with van der Waals surface area (Å²) >= 11 is 0. The molecular weight excluding hydrogens is 162 g/mol. The highest BCUT2D eigenvalue weighted by Crippen LogP contribution is 2.51. The second-order valence-corrected chi connectivity index (χ2v) is 4.73. The standard InChI is InChI=1S/C11H17NO/c1-8-3-2-6-11(8,7-12)10(13)9-4-5-9/h8-10,13H,2-6H2,1H3. The molecule has 2 heteroatoms. The van der Waals surface area contributed by atoms with Crippen molar-refractivity contribution in [2.75, 3.05) is 0 Å². The molecule has 2 nitrogen and oxygen atoms in total. The summed E-state index contributed by atoms with van der Waals surface area (Å²) in [6.07, 6.45) is 5.02. The summed E-state index contributed by atoms with van der Waals surface area (Å²) in [7, 11) is 0. The van der Waals surface area contributed by atoms with Crippen LogP contribution in [0.15, 0.2) is 0 Å². The number of nitrogens with zero attached hydrogens (tertiary/aromatic N) is 1. The number of hydrogen-bond donors (Lipinski definition) is 1. The first-order valence-electron chi connectivity index (χ1n) is 5.30. The third kappa shape index (κ3) is 1.26. The van der Waals surface area contributed by atoms with Crippen LogP contribution in [0.1, 0.15) is 39.0 Å². The van der Waals surface area contributed by atoms with Gasteiger partial charge in [-0.15, -0.1) is 0 Å². The Bertz CT molecular complexity index is 241. The van der Waals surface area contributed by atoms with E-state index < -0.39 is 5.41 Å². The van der Waals surface area contributed by atoms with Crippen LogP contribution in [-0.2, 0) is 0 Å². The monoisotopic (exact) mass is 179 g/mol.